The van der Waals surface area contributed by atoms with Crippen molar-refractivity contribution in [2.24, 2.45) is 0 Å². The van der Waals surface area contributed by atoms with Crippen molar-refractivity contribution in [3.05, 3.63) is 65.2 Å². The van der Waals surface area contributed by atoms with Crippen LogP contribution in [0.25, 0.3) is 0 Å². The van der Waals surface area contributed by atoms with E-state index in [9.17, 15) is 0 Å². The van der Waals surface area contributed by atoms with Crippen molar-refractivity contribution in [1.29, 1.82) is 0 Å². The summed E-state index contributed by atoms with van der Waals surface area (Å²) in [4.78, 5) is 0. The second-order valence-electron chi connectivity index (χ2n) is 6.07. The fourth-order valence-corrected chi connectivity index (χ4v) is 3.16. The summed E-state index contributed by atoms with van der Waals surface area (Å²) in [5.74, 6) is 0. The lowest BCUT2D eigenvalue weighted by Gasteiger charge is -2.20. The molecule has 1 aliphatic heterocycles. The molecule has 0 spiro atoms. The van der Waals surface area contributed by atoms with Crippen LogP contribution in [0.15, 0.2) is 48.5 Å². The Morgan fingerprint density at radius 3 is 2.71 bits per heavy atom. The lowest BCUT2D eigenvalue weighted by molar-refractivity contribution is 0.477. The fraction of sp³-hybridized carbons (Fsp3) is 0.368. The quantitative estimate of drug-likeness (QED) is 0.867. The number of anilines is 1. The van der Waals surface area contributed by atoms with E-state index in [0.717, 1.165) is 19.4 Å². The van der Waals surface area contributed by atoms with E-state index in [0.29, 0.717) is 12.1 Å². The topological polar surface area (TPSA) is 24.1 Å². The van der Waals surface area contributed by atoms with E-state index in [2.05, 4.69) is 73.0 Å². The van der Waals surface area contributed by atoms with Gasteiger partial charge in [0.2, 0.25) is 0 Å². The summed E-state index contributed by atoms with van der Waals surface area (Å²) in [6.07, 6.45) is 2.23. The van der Waals surface area contributed by atoms with Gasteiger partial charge in [0.1, 0.15) is 0 Å². The number of hydrogen-bond donors (Lipinski definition) is 2. The largest absolute Gasteiger partial charge is 0.384 e. The molecule has 0 radical (unpaired) electrons. The van der Waals surface area contributed by atoms with Gasteiger partial charge in [0.15, 0.2) is 0 Å². The average molecular weight is 280 g/mol. The van der Waals surface area contributed by atoms with Gasteiger partial charge in [0.05, 0.1) is 0 Å². The number of nitrogens with one attached hydrogen (secondary N) is 2. The van der Waals surface area contributed by atoms with Gasteiger partial charge >= 0.3 is 0 Å². The molecule has 0 aromatic heterocycles. The molecule has 0 bridgehead atoms. The van der Waals surface area contributed by atoms with Gasteiger partial charge in [-0.15, -0.1) is 0 Å². The lowest BCUT2D eigenvalue weighted by Crippen LogP contribution is -2.30. The van der Waals surface area contributed by atoms with Gasteiger partial charge in [0.25, 0.3) is 0 Å². The minimum Gasteiger partial charge on any atom is -0.384 e. The number of benzene rings is 2. The third-order valence-corrected chi connectivity index (χ3v) is 4.26. The monoisotopic (exact) mass is 280 g/mol. The molecule has 2 aromatic carbocycles. The van der Waals surface area contributed by atoms with E-state index in [-0.39, 0.29) is 0 Å². The highest BCUT2D eigenvalue weighted by atomic mass is 14.9. The molecule has 0 amide bonds. The second-order valence-corrected chi connectivity index (χ2v) is 6.07. The molecule has 0 fully saturated rings. The van der Waals surface area contributed by atoms with Crippen LogP contribution < -0.4 is 10.6 Å². The van der Waals surface area contributed by atoms with E-state index in [1.54, 1.807) is 0 Å². The first-order chi connectivity index (χ1) is 10.2. The summed E-state index contributed by atoms with van der Waals surface area (Å²) in [6.45, 7) is 5.58. The predicted octanol–water partition coefficient (Wildman–Crippen LogP) is 3.94. The molecule has 2 heteroatoms. The van der Waals surface area contributed by atoms with Crippen LogP contribution in [-0.4, -0.2) is 12.6 Å². The Kier molecular flexibility index (Phi) is 4.26. The van der Waals surface area contributed by atoms with Crippen molar-refractivity contribution in [1.82, 2.24) is 5.32 Å². The molecule has 0 saturated carbocycles. The van der Waals surface area contributed by atoms with Gasteiger partial charge in [-0.3, -0.25) is 0 Å². The van der Waals surface area contributed by atoms with E-state index >= 15 is 0 Å². The molecular formula is C19H24N2. The molecule has 0 aliphatic carbocycles. The third-order valence-electron chi connectivity index (χ3n) is 4.26. The van der Waals surface area contributed by atoms with Crippen LogP contribution in [0.3, 0.4) is 0 Å². The van der Waals surface area contributed by atoms with Crippen LogP contribution in [0.2, 0.25) is 0 Å². The van der Waals surface area contributed by atoms with Crippen LogP contribution >= 0.6 is 0 Å². The molecule has 2 aromatic rings. The maximum Gasteiger partial charge on any atom is 0.0373 e. The Labute approximate surface area is 127 Å². The second kappa shape index (κ2) is 6.31. The standard InChI is InChI=1S/C19H24N2/c1-14(21-15(2)17-6-4-3-5-7-17)12-16-8-9-19-18(13-16)10-11-20-19/h3-9,13-15,20-21H,10-12H2,1-2H3. The molecule has 2 N–H and O–H groups in total. The van der Waals surface area contributed by atoms with Gasteiger partial charge in [0, 0.05) is 24.3 Å². The van der Waals surface area contributed by atoms with Crippen molar-refractivity contribution in [2.45, 2.75) is 38.8 Å². The highest BCUT2D eigenvalue weighted by molar-refractivity contribution is 5.56. The first-order valence-corrected chi connectivity index (χ1v) is 7.89. The molecule has 3 rings (SSSR count). The lowest BCUT2D eigenvalue weighted by atomic mass is 10.0. The molecule has 1 aliphatic rings. The molecular weight excluding hydrogens is 256 g/mol. The van der Waals surface area contributed by atoms with Crippen molar-refractivity contribution >= 4 is 5.69 Å². The average Bonchev–Trinajstić information content (AvgIpc) is 2.95. The Morgan fingerprint density at radius 1 is 1.10 bits per heavy atom. The first kappa shape index (κ1) is 14.2. The van der Waals surface area contributed by atoms with Crippen molar-refractivity contribution in [3.63, 3.8) is 0 Å². The first-order valence-electron chi connectivity index (χ1n) is 7.89. The smallest absolute Gasteiger partial charge is 0.0373 e. The van der Waals surface area contributed by atoms with Crippen LogP contribution in [-0.2, 0) is 12.8 Å². The minimum atomic E-state index is 0.386. The Balaban J connectivity index is 1.60. The maximum absolute atomic E-state index is 3.70. The molecule has 110 valence electrons. The van der Waals surface area contributed by atoms with E-state index in [1.807, 2.05) is 0 Å². The summed E-state index contributed by atoms with van der Waals surface area (Å²) in [7, 11) is 0. The summed E-state index contributed by atoms with van der Waals surface area (Å²) >= 11 is 0. The van der Waals surface area contributed by atoms with Crippen LogP contribution in [0.4, 0.5) is 5.69 Å². The zero-order chi connectivity index (χ0) is 14.7. The SMILES string of the molecule is CC(Cc1ccc2c(c1)CCN2)NC(C)c1ccccc1. The number of rotatable bonds is 5. The van der Waals surface area contributed by atoms with Crippen LogP contribution in [0.1, 0.15) is 36.6 Å². The fourth-order valence-electron chi connectivity index (χ4n) is 3.16. The van der Waals surface area contributed by atoms with Gasteiger partial charge in [-0.1, -0.05) is 42.5 Å². The van der Waals surface area contributed by atoms with E-state index in [1.165, 1.54) is 22.4 Å². The zero-order valence-corrected chi connectivity index (χ0v) is 12.9. The van der Waals surface area contributed by atoms with Gasteiger partial charge in [-0.05, 0) is 49.4 Å². The number of hydrogen-bond acceptors (Lipinski definition) is 2. The number of fused-ring (bicyclic) bond motifs is 1. The summed E-state index contributed by atoms with van der Waals surface area (Å²) in [5, 5.41) is 7.12. The molecule has 21 heavy (non-hydrogen) atoms. The Morgan fingerprint density at radius 2 is 1.90 bits per heavy atom. The minimum absolute atomic E-state index is 0.386. The van der Waals surface area contributed by atoms with Crippen molar-refractivity contribution in [3.8, 4) is 0 Å². The van der Waals surface area contributed by atoms with E-state index in [4.69, 9.17) is 0 Å². The van der Waals surface area contributed by atoms with Gasteiger partial charge < -0.3 is 10.6 Å². The summed E-state index contributed by atoms with van der Waals surface area (Å²) in [6, 6.07) is 18.3. The van der Waals surface area contributed by atoms with Crippen LogP contribution in [0, 0.1) is 0 Å². The van der Waals surface area contributed by atoms with E-state index < -0.39 is 0 Å². The zero-order valence-electron chi connectivity index (χ0n) is 12.9. The van der Waals surface area contributed by atoms with Crippen LogP contribution in [0.5, 0.6) is 0 Å². The van der Waals surface area contributed by atoms with Crippen molar-refractivity contribution in [2.75, 3.05) is 11.9 Å². The molecule has 2 atom stereocenters. The molecule has 2 nitrogen and oxygen atoms in total. The summed E-state index contributed by atoms with van der Waals surface area (Å²) in [5.41, 5.74) is 5.56. The molecule has 2 unspecified atom stereocenters. The maximum atomic E-state index is 3.70. The normalized spacial score (nSPS) is 16.1. The summed E-state index contributed by atoms with van der Waals surface area (Å²) < 4.78 is 0. The van der Waals surface area contributed by atoms with Gasteiger partial charge in [-0.2, -0.15) is 0 Å². The molecule has 1 heterocycles. The predicted molar refractivity (Wildman–Crippen MR) is 89.8 cm³/mol. The Bertz CT molecular complexity index is 592. The molecule has 0 saturated heterocycles. The van der Waals surface area contributed by atoms with Gasteiger partial charge in [-0.25, -0.2) is 0 Å². The third kappa shape index (κ3) is 3.45. The highest BCUT2D eigenvalue weighted by Crippen LogP contribution is 2.23. The Hall–Kier alpha value is -1.80. The van der Waals surface area contributed by atoms with Crippen molar-refractivity contribution < 1.29 is 0 Å². The highest BCUT2D eigenvalue weighted by Gasteiger charge is 2.13.